The molecule has 0 aromatic heterocycles. The van der Waals surface area contributed by atoms with Crippen LogP contribution in [-0.2, 0) is 11.3 Å². The van der Waals surface area contributed by atoms with Gasteiger partial charge in [0.15, 0.2) is 0 Å². The Morgan fingerprint density at radius 1 is 0.913 bits per heavy atom. The van der Waals surface area contributed by atoms with E-state index in [0.717, 1.165) is 25.6 Å². The van der Waals surface area contributed by atoms with Gasteiger partial charge in [-0.3, -0.25) is 0 Å². The van der Waals surface area contributed by atoms with Crippen molar-refractivity contribution in [2.24, 2.45) is 5.92 Å². The van der Waals surface area contributed by atoms with Gasteiger partial charge < -0.3 is 4.74 Å². The maximum absolute atomic E-state index is 5.74. The zero-order valence-corrected chi connectivity index (χ0v) is 15.3. The fourth-order valence-corrected chi connectivity index (χ4v) is 2.84. The molecule has 0 aliphatic carbocycles. The van der Waals surface area contributed by atoms with Gasteiger partial charge in [-0.25, -0.2) is 0 Å². The van der Waals surface area contributed by atoms with E-state index in [1.807, 2.05) is 6.07 Å². The third-order valence-electron chi connectivity index (χ3n) is 4.31. The second kappa shape index (κ2) is 14.5. The molecule has 0 saturated carbocycles. The van der Waals surface area contributed by atoms with Gasteiger partial charge in [-0.2, -0.15) is 0 Å². The number of ether oxygens (including phenoxy) is 1. The summed E-state index contributed by atoms with van der Waals surface area (Å²) in [4.78, 5) is 0. The average molecular weight is 317 g/mol. The number of hydrogen-bond donors (Lipinski definition) is 0. The van der Waals surface area contributed by atoms with Gasteiger partial charge >= 0.3 is 0 Å². The summed E-state index contributed by atoms with van der Waals surface area (Å²) in [6.07, 6.45) is 16.7. The largest absolute Gasteiger partial charge is 0.376 e. The van der Waals surface area contributed by atoms with Crippen LogP contribution in [0.15, 0.2) is 42.5 Å². The molecule has 23 heavy (non-hydrogen) atoms. The summed E-state index contributed by atoms with van der Waals surface area (Å²) in [5.41, 5.74) is 1.26. The minimum absolute atomic E-state index is 0.727. The van der Waals surface area contributed by atoms with Crippen molar-refractivity contribution in [3.05, 3.63) is 48.0 Å². The van der Waals surface area contributed by atoms with Crippen molar-refractivity contribution >= 4 is 0 Å². The molecular weight excluding hydrogens is 280 g/mol. The van der Waals surface area contributed by atoms with Crippen LogP contribution in [0.4, 0.5) is 0 Å². The molecule has 1 rings (SSSR count). The van der Waals surface area contributed by atoms with Gasteiger partial charge in [-0.05, 0) is 30.7 Å². The van der Waals surface area contributed by atoms with E-state index in [1.54, 1.807) is 0 Å². The van der Waals surface area contributed by atoms with Crippen LogP contribution in [0.5, 0.6) is 0 Å². The van der Waals surface area contributed by atoms with Crippen LogP contribution in [0.3, 0.4) is 0 Å². The molecule has 1 unspecified atom stereocenters. The molecule has 1 nitrogen and oxygen atoms in total. The Bertz CT molecular complexity index is 382. The smallest absolute Gasteiger partial charge is 0.0717 e. The van der Waals surface area contributed by atoms with Gasteiger partial charge in [-0.15, -0.1) is 0 Å². The maximum atomic E-state index is 5.74. The molecule has 1 aromatic carbocycles. The molecule has 130 valence electrons. The number of hydrogen-bond acceptors (Lipinski definition) is 1. The first-order chi connectivity index (χ1) is 11.4. The Balaban J connectivity index is 2.16. The lowest BCUT2D eigenvalue weighted by atomic mass is 9.94. The molecular formula is C22H36O. The van der Waals surface area contributed by atoms with E-state index < -0.39 is 0 Å². The number of unbranched alkanes of at least 4 members (excludes halogenated alkanes) is 4. The van der Waals surface area contributed by atoms with E-state index >= 15 is 0 Å². The van der Waals surface area contributed by atoms with Gasteiger partial charge in [-0.1, -0.05) is 94.9 Å². The van der Waals surface area contributed by atoms with Gasteiger partial charge in [0.1, 0.15) is 0 Å². The molecule has 0 radical (unpaired) electrons. The molecule has 0 aliphatic rings. The van der Waals surface area contributed by atoms with Gasteiger partial charge in [0.2, 0.25) is 0 Å². The van der Waals surface area contributed by atoms with E-state index in [9.17, 15) is 0 Å². The highest BCUT2D eigenvalue weighted by Gasteiger charge is 2.03. The highest BCUT2D eigenvalue weighted by Crippen LogP contribution is 2.19. The predicted molar refractivity (Wildman–Crippen MR) is 102 cm³/mol. The standard InChI is InChI=1S/C22H36O/c1-3-5-7-9-15-21(14-6-4-2)16-12-13-19-23-20-22-17-10-8-11-18-22/h8,10-12,16-18,21H,3-7,9,13-15,19-20H2,1-2H3/b16-12+. The van der Waals surface area contributed by atoms with Crippen LogP contribution in [0.2, 0.25) is 0 Å². The van der Waals surface area contributed by atoms with E-state index in [1.165, 1.54) is 56.9 Å². The van der Waals surface area contributed by atoms with E-state index in [2.05, 4.69) is 50.3 Å². The summed E-state index contributed by atoms with van der Waals surface area (Å²) >= 11 is 0. The first-order valence-corrected chi connectivity index (χ1v) is 9.65. The lowest BCUT2D eigenvalue weighted by molar-refractivity contribution is 0.125. The van der Waals surface area contributed by atoms with Crippen molar-refractivity contribution in [3.63, 3.8) is 0 Å². The lowest BCUT2D eigenvalue weighted by Crippen LogP contribution is -1.98. The summed E-state index contributed by atoms with van der Waals surface area (Å²) in [5.74, 6) is 0.779. The summed E-state index contributed by atoms with van der Waals surface area (Å²) in [6, 6.07) is 10.4. The number of benzene rings is 1. The molecule has 0 spiro atoms. The zero-order valence-electron chi connectivity index (χ0n) is 15.3. The molecule has 0 N–H and O–H groups in total. The molecule has 0 aliphatic heterocycles. The van der Waals surface area contributed by atoms with Crippen molar-refractivity contribution in [2.45, 2.75) is 78.2 Å². The van der Waals surface area contributed by atoms with Crippen LogP contribution < -0.4 is 0 Å². The second-order valence-electron chi connectivity index (χ2n) is 6.51. The van der Waals surface area contributed by atoms with Crippen LogP contribution in [0.1, 0.15) is 77.2 Å². The fourth-order valence-electron chi connectivity index (χ4n) is 2.84. The summed E-state index contributed by atoms with van der Waals surface area (Å²) in [7, 11) is 0. The zero-order chi connectivity index (χ0) is 16.6. The molecule has 0 saturated heterocycles. The van der Waals surface area contributed by atoms with Crippen LogP contribution in [0, 0.1) is 5.92 Å². The molecule has 0 bridgehead atoms. The highest BCUT2D eigenvalue weighted by atomic mass is 16.5. The van der Waals surface area contributed by atoms with Crippen molar-refractivity contribution in [3.8, 4) is 0 Å². The second-order valence-corrected chi connectivity index (χ2v) is 6.51. The molecule has 1 heteroatoms. The van der Waals surface area contributed by atoms with Crippen molar-refractivity contribution in [2.75, 3.05) is 6.61 Å². The van der Waals surface area contributed by atoms with Crippen molar-refractivity contribution < 1.29 is 4.74 Å². The van der Waals surface area contributed by atoms with E-state index in [-0.39, 0.29) is 0 Å². The Morgan fingerprint density at radius 2 is 1.65 bits per heavy atom. The third kappa shape index (κ3) is 11.1. The average Bonchev–Trinajstić information content (AvgIpc) is 2.59. The molecule has 0 amide bonds. The predicted octanol–water partition coefficient (Wildman–Crippen LogP) is 6.93. The first kappa shape index (κ1) is 20.0. The van der Waals surface area contributed by atoms with Gasteiger partial charge in [0.25, 0.3) is 0 Å². The van der Waals surface area contributed by atoms with Gasteiger partial charge in [0.05, 0.1) is 13.2 Å². The van der Waals surface area contributed by atoms with Crippen LogP contribution >= 0.6 is 0 Å². The molecule has 0 fully saturated rings. The monoisotopic (exact) mass is 316 g/mol. The Labute approximate surface area is 144 Å². The van der Waals surface area contributed by atoms with Gasteiger partial charge in [0, 0.05) is 0 Å². The Kier molecular flexibility index (Phi) is 12.6. The quantitative estimate of drug-likeness (QED) is 0.267. The summed E-state index contributed by atoms with van der Waals surface area (Å²) in [6.45, 7) is 6.12. The Hall–Kier alpha value is -1.08. The fraction of sp³-hybridized carbons (Fsp3) is 0.636. The van der Waals surface area contributed by atoms with Crippen molar-refractivity contribution in [1.82, 2.24) is 0 Å². The maximum Gasteiger partial charge on any atom is 0.0717 e. The summed E-state index contributed by atoms with van der Waals surface area (Å²) in [5, 5.41) is 0. The number of rotatable bonds is 14. The minimum Gasteiger partial charge on any atom is -0.376 e. The molecule has 1 atom stereocenters. The molecule has 0 heterocycles. The number of allylic oxidation sites excluding steroid dienone is 1. The first-order valence-electron chi connectivity index (χ1n) is 9.65. The topological polar surface area (TPSA) is 9.23 Å². The Morgan fingerprint density at radius 3 is 2.39 bits per heavy atom. The highest BCUT2D eigenvalue weighted by molar-refractivity contribution is 5.13. The van der Waals surface area contributed by atoms with E-state index in [4.69, 9.17) is 4.74 Å². The van der Waals surface area contributed by atoms with E-state index in [0.29, 0.717) is 0 Å². The van der Waals surface area contributed by atoms with Crippen molar-refractivity contribution in [1.29, 1.82) is 0 Å². The lowest BCUT2D eigenvalue weighted by Gasteiger charge is -2.12. The van der Waals surface area contributed by atoms with Crippen LogP contribution in [-0.4, -0.2) is 6.61 Å². The minimum atomic E-state index is 0.727. The SMILES string of the molecule is CCCCCCC(/C=C/CCOCc1ccccc1)CCCC. The third-order valence-corrected chi connectivity index (χ3v) is 4.31. The molecule has 1 aromatic rings. The van der Waals surface area contributed by atoms with Crippen LogP contribution in [0.25, 0.3) is 0 Å². The summed E-state index contributed by atoms with van der Waals surface area (Å²) < 4.78 is 5.74. The normalized spacial score (nSPS) is 12.8.